The molecule has 0 aliphatic heterocycles. The summed E-state index contributed by atoms with van der Waals surface area (Å²) in [5.41, 5.74) is -0.0233. The van der Waals surface area contributed by atoms with E-state index in [-0.39, 0.29) is 17.6 Å². The Balaban J connectivity index is 1.77. The molecule has 0 saturated heterocycles. The van der Waals surface area contributed by atoms with Gasteiger partial charge in [-0.15, -0.1) is 10.2 Å². The Labute approximate surface area is 199 Å². The molecule has 2 heterocycles. The molecule has 0 unspecified atom stereocenters. The first-order valence-electron chi connectivity index (χ1n) is 10.1. The standard InChI is InChI=1S/C22H19ClF2N6O2S/c1-13(20-26-11-16(23)12-27-20)14(2)34(32,33)30-22-29-28-21(15-7-4-3-5-8-15)31(22)19-17(24)9-6-10-18(19)25/h3-14H,1-2H3,(H,29,30)/t13-,14-/m0/s1. The van der Waals surface area contributed by atoms with E-state index in [1.807, 2.05) is 0 Å². The summed E-state index contributed by atoms with van der Waals surface area (Å²) in [6, 6.07) is 11.9. The quantitative estimate of drug-likeness (QED) is 0.395. The van der Waals surface area contributed by atoms with Crippen molar-refractivity contribution in [1.82, 2.24) is 24.7 Å². The van der Waals surface area contributed by atoms with Gasteiger partial charge in [0, 0.05) is 23.9 Å². The van der Waals surface area contributed by atoms with E-state index in [1.54, 1.807) is 37.3 Å². The van der Waals surface area contributed by atoms with Gasteiger partial charge in [-0.25, -0.2) is 27.2 Å². The van der Waals surface area contributed by atoms with Crippen molar-refractivity contribution in [2.75, 3.05) is 4.72 Å². The van der Waals surface area contributed by atoms with Crippen molar-refractivity contribution >= 4 is 27.6 Å². The van der Waals surface area contributed by atoms with Gasteiger partial charge in [-0.3, -0.25) is 9.29 Å². The van der Waals surface area contributed by atoms with E-state index < -0.39 is 38.5 Å². The molecule has 12 heteroatoms. The lowest BCUT2D eigenvalue weighted by Gasteiger charge is -2.20. The van der Waals surface area contributed by atoms with Crippen molar-refractivity contribution in [1.29, 1.82) is 0 Å². The highest BCUT2D eigenvalue weighted by Crippen LogP contribution is 2.30. The number of benzene rings is 2. The highest BCUT2D eigenvalue weighted by molar-refractivity contribution is 7.93. The van der Waals surface area contributed by atoms with E-state index in [2.05, 4.69) is 24.9 Å². The van der Waals surface area contributed by atoms with Gasteiger partial charge < -0.3 is 0 Å². The molecule has 176 valence electrons. The zero-order valence-corrected chi connectivity index (χ0v) is 19.6. The number of nitrogens with one attached hydrogen (secondary N) is 1. The highest BCUT2D eigenvalue weighted by atomic mass is 35.5. The third kappa shape index (κ3) is 4.62. The summed E-state index contributed by atoms with van der Waals surface area (Å²) in [5, 5.41) is 7.20. The Morgan fingerprint density at radius 1 is 0.941 bits per heavy atom. The molecule has 0 saturated carbocycles. The van der Waals surface area contributed by atoms with Gasteiger partial charge in [0.25, 0.3) is 0 Å². The number of nitrogens with zero attached hydrogens (tertiary/aromatic N) is 5. The predicted octanol–water partition coefficient (Wildman–Crippen LogP) is 4.59. The summed E-state index contributed by atoms with van der Waals surface area (Å²) >= 11 is 5.81. The molecule has 2 aromatic heterocycles. The first kappa shape index (κ1) is 23.7. The average Bonchev–Trinajstić information content (AvgIpc) is 3.21. The minimum atomic E-state index is -4.13. The van der Waals surface area contributed by atoms with Gasteiger partial charge in [-0.05, 0) is 19.1 Å². The van der Waals surface area contributed by atoms with E-state index in [0.29, 0.717) is 10.6 Å². The Morgan fingerprint density at radius 2 is 1.56 bits per heavy atom. The fourth-order valence-corrected chi connectivity index (χ4v) is 4.62. The molecule has 2 aromatic carbocycles. The number of para-hydroxylation sites is 1. The molecule has 8 nitrogen and oxygen atoms in total. The first-order valence-corrected chi connectivity index (χ1v) is 12.1. The summed E-state index contributed by atoms with van der Waals surface area (Å²) in [6.45, 7) is 3.11. The van der Waals surface area contributed by atoms with Gasteiger partial charge >= 0.3 is 0 Å². The van der Waals surface area contributed by atoms with Crippen LogP contribution < -0.4 is 4.72 Å². The van der Waals surface area contributed by atoms with Crippen LogP contribution in [0.15, 0.2) is 60.9 Å². The van der Waals surface area contributed by atoms with Gasteiger partial charge in [0.15, 0.2) is 5.82 Å². The second kappa shape index (κ2) is 9.43. The molecule has 4 rings (SSSR count). The number of anilines is 1. The second-order valence-electron chi connectivity index (χ2n) is 7.52. The molecular formula is C22H19ClF2N6O2S. The van der Waals surface area contributed by atoms with Gasteiger partial charge in [-0.2, -0.15) is 0 Å². The molecule has 1 N–H and O–H groups in total. The van der Waals surface area contributed by atoms with Crippen LogP contribution in [-0.2, 0) is 10.0 Å². The van der Waals surface area contributed by atoms with Crippen LogP contribution in [0, 0.1) is 11.6 Å². The summed E-state index contributed by atoms with van der Waals surface area (Å²) in [5.74, 6) is -2.48. The molecule has 0 aliphatic rings. The molecule has 34 heavy (non-hydrogen) atoms. The van der Waals surface area contributed by atoms with Crippen molar-refractivity contribution in [2.24, 2.45) is 0 Å². The molecule has 0 bridgehead atoms. The average molecular weight is 505 g/mol. The fraction of sp³-hybridized carbons (Fsp3) is 0.182. The minimum Gasteiger partial charge on any atom is -0.255 e. The van der Waals surface area contributed by atoms with Crippen LogP contribution in [0.4, 0.5) is 14.7 Å². The minimum absolute atomic E-state index is 0.0593. The van der Waals surface area contributed by atoms with Gasteiger partial charge in [-0.1, -0.05) is 54.9 Å². The predicted molar refractivity (Wildman–Crippen MR) is 124 cm³/mol. The maximum Gasteiger partial charge on any atom is 0.243 e. The van der Waals surface area contributed by atoms with Gasteiger partial charge in [0.05, 0.1) is 10.3 Å². The Kier molecular flexibility index (Phi) is 6.58. The third-order valence-electron chi connectivity index (χ3n) is 5.33. The summed E-state index contributed by atoms with van der Waals surface area (Å²) in [6.07, 6.45) is 2.74. The molecule has 0 amide bonds. The van der Waals surface area contributed by atoms with E-state index in [0.717, 1.165) is 16.7 Å². The molecule has 4 aromatic rings. The van der Waals surface area contributed by atoms with E-state index in [1.165, 1.54) is 25.4 Å². The van der Waals surface area contributed by atoms with Gasteiger partial charge in [0.2, 0.25) is 16.0 Å². The molecule has 0 fully saturated rings. The lowest BCUT2D eigenvalue weighted by Crippen LogP contribution is -2.31. The van der Waals surface area contributed by atoms with E-state index in [9.17, 15) is 17.2 Å². The first-order chi connectivity index (χ1) is 16.2. The monoisotopic (exact) mass is 504 g/mol. The van der Waals surface area contributed by atoms with Crippen LogP contribution in [0.1, 0.15) is 25.6 Å². The normalized spacial score (nSPS) is 13.4. The van der Waals surface area contributed by atoms with Gasteiger partial charge in [0.1, 0.15) is 23.1 Å². The Morgan fingerprint density at radius 3 is 2.18 bits per heavy atom. The number of hydrogen-bond acceptors (Lipinski definition) is 6. The van der Waals surface area contributed by atoms with E-state index >= 15 is 0 Å². The van der Waals surface area contributed by atoms with E-state index in [4.69, 9.17) is 11.6 Å². The number of halogens is 3. The topological polar surface area (TPSA) is 103 Å². The lowest BCUT2D eigenvalue weighted by atomic mass is 10.1. The van der Waals surface area contributed by atoms with Crippen LogP contribution in [-0.4, -0.2) is 38.4 Å². The Bertz CT molecular complexity index is 1400. The fourth-order valence-electron chi connectivity index (χ4n) is 3.30. The number of sulfonamides is 1. The van der Waals surface area contributed by atoms with Crippen LogP contribution >= 0.6 is 11.6 Å². The van der Waals surface area contributed by atoms with Crippen molar-refractivity contribution < 1.29 is 17.2 Å². The largest absolute Gasteiger partial charge is 0.255 e. The van der Waals surface area contributed by atoms with Crippen molar-refractivity contribution in [2.45, 2.75) is 25.0 Å². The zero-order chi connectivity index (χ0) is 24.5. The molecule has 2 atom stereocenters. The number of aromatic nitrogens is 5. The Hall–Kier alpha value is -3.44. The van der Waals surface area contributed by atoms with Crippen molar-refractivity contribution in [3.63, 3.8) is 0 Å². The molecule has 0 aliphatic carbocycles. The van der Waals surface area contributed by atoms with Crippen LogP contribution in [0.25, 0.3) is 17.1 Å². The maximum absolute atomic E-state index is 14.7. The van der Waals surface area contributed by atoms with Crippen LogP contribution in [0.3, 0.4) is 0 Å². The SMILES string of the molecule is C[C@H](c1ncc(Cl)cn1)[C@H](C)S(=O)(=O)Nc1nnc(-c2ccccc2)n1-c1c(F)cccc1F. The maximum atomic E-state index is 14.7. The summed E-state index contributed by atoms with van der Waals surface area (Å²) < 4.78 is 59.3. The zero-order valence-electron chi connectivity index (χ0n) is 18.0. The third-order valence-corrected chi connectivity index (χ3v) is 7.38. The molecular weight excluding hydrogens is 486 g/mol. The number of rotatable bonds is 7. The van der Waals surface area contributed by atoms with Crippen LogP contribution in [0.5, 0.6) is 0 Å². The molecule has 0 radical (unpaired) electrons. The number of hydrogen-bond donors (Lipinski definition) is 1. The smallest absolute Gasteiger partial charge is 0.243 e. The van der Waals surface area contributed by atoms with Crippen LogP contribution in [0.2, 0.25) is 5.02 Å². The lowest BCUT2D eigenvalue weighted by molar-refractivity contribution is 0.564. The summed E-state index contributed by atoms with van der Waals surface area (Å²) in [4.78, 5) is 8.17. The van der Waals surface area contributed by atoms with Crippen molar-refractivity contribution in [3.05, 3.63) is 83.4 Å². The highest BCUT2D eigenvalue weighted by Gasteiger charge is 2.32. The second-order valence-corrected chi connectivity index (χ2v) is 9.99. The summed E-state index contributed by atoms with van der Waals surface area (Å²) in [7, 11) is -4.13. The van der Waals surface area contributed by atoms with Crippen molar-refractivity contribution in [3.8, 4) is 17.1 Å². The molecule has 0 spiro atoms.